The Hall–Kier alpha value is -1.76. The second-order valence-electron chi connectivity index (χ2n) is 7.25. The Labute approximate surface area is 151 Å². The molecule has 1 unspecified atom stereocenters. The van der Waals surface area contributed by atoms with Gasteiger partial charge in [-0.1, -0.05) is 0 Å². The van der Waals surface area contributed by atoms with E-state index in [1.54, 1.807) is 4.90 Å². The summed E-state index contributed by atoms with van der Waals surface area (Å²) in [7, 11) is 0. The van der Waals surface area contributed by atoms with Crippen LogP contribution in [0, 0.1) is 17.5 Å². The zero-order valence-electron chi connectivity index (χ0n) is 14.7. The monoisotopic (exact) mass is 370 g/mol. The van der Waals surface area contributed by atoms with Crippen LogP contribution in [-0.4, -0.2) is 36.2 Å². The molecule has 3 rings (SSSR count). The summed E-state index contributed by atoms with van der Waals surface area (Å²) in [6.07, 6.45) is 5.27. The highest BCUT2D eigenvalue weighted by atomic mass is 19.2. The van der Waals surface area contributed by atoms with Crippen molar-refractivity contribution >= 4 is 6.03 Å². The predicted octanol–water partition coefficient (Wildman–Crippen LogP) is 4.08. The molecular formula is C19H25F3N2O2. The van der Waals surface area contributed by atoms with Gasteiger partial charge < -0.3 is 15.4 Å². The lowest BCUT2D eigenvalue weighted by Crippen LogP contribution is -2.49. The van der Waals surface area contributed by atoms with E-state index in [4.69, 9.17) is 10.5 Å². The Bertz CT molecular complexity index is 648. The summed E-state index contributed by atoms with van der Waals surface area (Å²) in [5, 5.41) is 0. The largest absolute Gasteiger partial charge is 0.376 e. The molecule has 0 aromatic heterocycles. The zero-order chi connectivity index (χ0) is 18.7. The number of urea groups is 1. The lowest BCUT2D eigenvalue weighted by atomic mass is 9.82. The summed E-state index contributed by atoms with van der Waals surface area (Å²) in [6.45, 7) is 1.09. The van der Waals surface area contributed by atoms with Crippen LogP contribution in [0.25, 0.3) is 0 Å². The molecule has 1 saturated carbocycles. The van der Waals surface area contributed by atoms with Crippen LogP contribution in [0.3, 0.4) is 0 Å². The number of piperidine rings is 1. The topological polar surface area (TPSA) is 55.6 Å². The molecule has 2 amide bonds. The molecule has 1 aromatic rings. The number of carbonyl (C=O) groups excluding carboxylic acids is 1. The Morgan fingerprint density at radius 1 is 1.08 bits per heavy atom. The smallest absolute Gasteiger partial charge is 0.315 e. The molecule has 26 heavy (non-hydrogen) atoms. The maximum absolute atomic E-state index is 14.0. The van der Waals surface area contributed by atoms with E-state index in [1.165, 1.54) is 0 Å². The fourth-order valence-corrected chi connectivity index (χ4v) is 4.15. The molecule has 0 bridgehead atoms. The average molecular weight is 370 g/mol. The van der Waals surface area contributed by atoms with Gasteiger partial charge in [0.1, 0.15) is 5.82 Å². The van der Waals surface area contributed by atoms with Crippen molar-refractivity contribution in [2.45, 2.75) is 63.0 Å². The Kier molecular flexibility index (Phi) is 6.06. The number of hydrogen-bond acceptors (Lipinski definition) is 2. The van der Waals surface area contributed by atoms with Gasteiger partial charge >= 0.3 is 6.03 Å². The minimum atomic E-state index is -1.08. The molecule has 7 heteroatoms. The third-order valence-electron chi connectivity index (χ3n) is 5.60. The van der Waals surface area contributed by atoms with E-state index in [0.717, 1.165) is 31.4 Å². The molecule has 4 nitrogen and oxygen atoms in total. The van der Waals surface area contributed by atoms with Crippen molar-refractivity contribution in [1.82, 2.24) is 4.90 Å². The number of ether oxygens (including phenoxy) is 1. The molecule has 2 N–H and O–H groups in total. The van der Waals surface area contributed by atoms with E-state index in [-0.39, 0.29) is 23.6 Å². The van der Waals surface area contributed by atoms with Crippen LogP contribution in [0.15, 0.2) is 12.1 Å². The zero-order valence-corrected chi connectivity index (χ0v) is 14.7. The highest BCUT2D eigenvalue weighted by molar-refractivity contribution is 5.72. The fraction of sp³-hybridized carbons (Fsp3) is 0.632. The van der Waals surface area contributed by atoms with E-state index in [0.29, 0.717) is 38.8 Å². The van der Waals surface area contributed by atoms with Gasteiger partial charge in [-0.2, -0.15) is 0 Å². The molecule has 1 saturated heterocycles. The molecule has 0 radical (unpaired) electrons. The first-order valence-corrected chi connectivity index (χ1v) is 9.28. The van der Waals surface area contributed by atoms with Gasteiger partial charge in [-0.25, -0.2) is 18.0 Å². The van der Waals surface area contributed by atoms with Crippen molar-refractivity contribution in [2.24, 2.45) is 5.73 Å². The Morgan fingerprint density at radius 2 is 1.77 bits per heavy atom. The van der Waals surface area contributed by atoms with Gasteiger partial charge in [0.15, 0.2) is 11.6 Å². The molecule has 1 aliphatic carbocycles. The molecule has 1 heterocycles. The fourth-order valence-electron chi connectivity index (χ4n) is 4.15. The van der Waals surface area contributed by atoms with Crippen molar-refractivity contribution in [1.29, 1.82) is 0 Å². The molecule has 144 valence electrons. The first-order chi connectivity index (χ1) is 12.5. The van der Waals surface area contributed by atoms with Gasteiger partial charge in [-0.15, -0.1) is 0 Å². The summed E-state index contributed by atoms with van der Waals surface area (Å²) in [4.78, 5) is 13.2. The Morgan fingerprint density at radius 3 is 2.46 bits per heavy atom. The number of halogens is 3. The summed E-state index contributed by atoms with van der Waals surface area (Å²) < 4.78 is 47.3. The first-order valence-electron chi connectivity index (χ1n) is 9.28. The number of nitrogens with zero attached hydrogens (tertiary/aromatic N) is 1. The normalized spacial score (nSPS) is 26.7. The summed E-state index contributed by atoms with van der Waals surface area (Å²) in [6, 6.07) is 1.38. The predicted molar refractivity (Wildman–Crippen MR) is 91.2 cm³/mol. The van der Waals surface area contributed by atoms with Gasteiger partial charge in [0.25, 0.3) is 0 Å². The van der Waals surface area contributed by atoms with E-state index >= 15 is 0 Å². The number of likely N-dealkylation sites (tertiary alicyclic amines) is 1. The lowest BCUT2D eigenvalue weighted by molar-refractivity contribution is -0.0108. The van der Waals surface area contributed by atoms with Crippen LogP contribution in [-0.2, 0) is 4.74 Å². The van der Waals surface area contributed by atoms with Crippen LogP contribution >= 0.6 is 0 Å². The first kappa shape index (κ1) is 19.0. The van der Waals surface area contributed by atoms with Gasteiger partial charge in [-0.05, 0) is 63.0 Å². The highest BCUT2D eigenvalue weighted by Gasteiger charge is 2.30. The molecule has 1 atom stereocenters. The van der Waals surface area contributed by atoms with Crippen LogP contribution in [0.5, 0.6) is 0 Å². The average Bonchev–Trinajstić information content (AvgIpc) is 2.64. The van der Waals surface area contributed by atoms with Crippen molar-refractivity contribution in [2.75, 3.05) is 13.2 Å². The number of amides is 2. The minimum Gasteiger partial charge on any atom is -0.376 e. The molecule has 1 aromatic carbocycles. The second kappa shape index (κ2) is 8.29. The quantitative estimate of drug-likeness (QED) is 0.812. The third-order valence-corrected chi connectivity index (χ3v) is 5.60. The van der Waals surface area contributed by atoms with E-state index in [2.05, 4.69) is 0 Å². The molecule has 1 aliphatic heterocycles. The van der Waals surface area contributed by atoms with Crippen molar-refractivity contribution in [3.8, 4) is 0 Å². The van der Waals surface area contributed by atoms with E-state index < -0.39 is 23.5 Å². The third kappa shape index (κ3) is 4.14. The number of carbonyl (C=O) groups is 1. The number of primary amides is 1. The van der Waals surface area contributed by atoms with Crippen molar-refractivity contribution in [3.05, 3.63) is 35.1 Å². The number of benzene rings is 1. The van der Waals surface area contributed by atoms with Gasteiger partial charge in [-0.3, -0.25) is 0 Å². The van der Waals surface area contributed by atoms with E-state index in [9.17, 15) is 18.0 Å². The Balaban J connectivity index is 1.53. The summed E-state index contributed by atoms with van der Waals surface area (Å²) in [5.74, 6) is -3.10. The van der Waals surface area contributed by atoms with Gasteiger partial charge in [0.2, 0.25) is 0 Å². The highest BCUT2D eigenvalue weighted by Crippen LogP contribution is 2.37. The number of hydrogen-bond donors (Lipinski definition) is 1. The summed E-state index contributed by atoms with van der Waals surface area (Å²) in [5.41, 5.74) is 5.28. The SMILES string of the molecule is NC(=O)N1CCCCC1COC1CCC(c2c(F)ccc(F)c2F)CC1. The molecule has 2 aliphatic rings. The molecular weight excluding hydrogens is 345 g/mol. The maximum atomic E-state index is 14.0. The lowest BCUT2D eigenvalue weighted by Gasteiger charge is -2.36. The second-order valence-corrected chi connectivity index (χ2v) is 7.25. The van der Waals surface area contributed by atoms with E-state index in [1.807, 2.05) is 0 Å². The maximum Gasteiger partial charge on any atom is 0.315 e. The van der Waals surface area contributed by atoms with Crippen molar-refractivity contribution < 1.29 is 22.7 Å². The molecule has 0 spiro atoms. The number of nitrogens with two attached hydrogens (primary N) is 1. The minimum absolute atomic E-state index is 0.00270. The standard InChI is InChI=1S/C19H25F3N2O2/c20-15-8-9-16(21)18(22)17(15)12-4-6-14(7-5-12)26-11-13-3-1-2-10-24(13)19(23)25/h8-9,12-14H,1-7,10-11H2,(H2,23,25). The van der Waals surface area contributed by atoms with Crippen LogP contribution in [0.4, 0.5) is 18.0 Å². The summed E-state index contributed by atoms with van der Waals surface area (Å²) >= 11 is 0. The number of rotatable bonds is 4. The van der Waals surface area contributed by atoms with Crippen LogP contribution in [0.2, 0.25) is 0 Å². The van der Waals surface area contributed by atoms with Crippen LogP contribution in [0.1, 0.15) is 56.4 Å². The molecule has 2 fully saturated rings. The van der Waals surface area contributed by atoms with Crippen LogP contribution < -0.4 is 5.73 Å². The van der Waals surface area contributed by atoms with Gasteiger partial charge in [0.05, 0.1) is 18.8 Å². The van der Waals surface area contributed by atoms with Gasteiger partial charge in [0, 0.05) is 12.1 Å². The van der Waals surface area contributed by atoms with Crippen molar-refractivity contribution in [3.63, 3.8) is 0 Å².